The summed E-state index contributed by atoms with van der Waals surface area (Å²) in [5.74, 6) is 0. The average molecular weight is 155 g/mol. The molecule has 1 atom stereocenters. The van der Waals surface area contributed by atoms with Crippen LogP contribution in [0.25, 0.3) is 0 Å². The van der Waals surface area contributed by atoms with Gasteiger partial charge in [-0.3, -0.25) is 0 Å². The first-order chi connectivity index (χ1) is 5.20. The summed E-state index contributed by atoms with van der Waals surface area (Å²) < 4.78 is 0. The van der Waals surface area contributed by atoms with Gasteiger partial charge < -0.3 is 10.0 Å². The highest BCUT2D eigenvalue weighted by Crippen LogP contribution is 2.13. The van der Waals surface area contributed by atoms with E-state index in [1.807, 2.05) is 6.92 Å². The lowest BCUT2D eigenvalue weighted by Crippen LogP contribution is -2.28. The van der Waals surface area contributed by atoms with Crippen LogP contribution >= 0.6 is 0 Å². The maximum Gasteiger partial charge on any atom is 0.0715 e. The third kappa shape index (κ3) is 2.54. The molecule has 0 amide bonds. The normalized spacial score (nSPS) is 26.4. The maximum absolute atomic E-state index is 9.43. The molecule has 0 bridgehead atoms. The summed E-state index contributed by atoms with van der Waals surface area (Å²) >= 11 is 0. The van der Waals surface area contributed by atoms with E-state index < -0.39 is 0 Å². The summed E-state index contributed by atoms with van der Waals surface area (Å²) in [5.41, 5.74) is 1.07. The Hall–Kier alpha value is -0.500. The fourth-order valence-corrected chi connectivity index (χ4v) is 1.47. The molecule has 0 spiro atoms. The van der Waals surface area contributed by atoms with Gasteiger partial charge in [-0.15, -0.1) is 0 Å². The standard InChI is InChI=1S/C9H17NO/c1-8(2)10-6-4-3-5-9(11)7-10/h9,11H,1,3-7H2,2H3. The summed E-state index contributed by atoms with van der Waals surface area (Å²) in [4.78, 5) is 2.16. The molecule has 1 saturated heterocycles. The van der Waals surface area contributed by atoms with Crippen LogP contribution in [-0.2, 0) is 0 Å². The van der Waals surface area contributed by atoms with E-state index in [1.54, 1.807) is 0 Å². The molecule has 1 unspecified atom stereocenters. The van der Waals surface area contributed by atoms with E-state index in [-0.39, 0.29) is 6.10 Å². The second-order valence-corrected chi connectivity index (χ2v) is 3.33. The number of β-amino-alcohol motifs (C(OH)–C–C–N with tert-alkyl or cyclic N) is 1. The van der Waals surface area contributed by atoms with E-state index >= 15 is 0 Å². The molecule has 0 aliphatic carbocycles. The number of nitrogens with zero attached hydrogens (tertiary/aromatic N) is 1. The highest BCUT2D eigenvalue weighted by atomic mass is 16.3. The molecule has 1 fully saturated rings. The molecule has 0 aromatic carbocycles. The molecule has 2 nitrogen and oxygen atoms in total. The summed E-state index contributed by atoms with van der Waals surface area (Å²) in [6.07, 6.45) is 3.13. The van der Waals surface area contributed by atoms with Crippen molar-refractivity contribution in [3.8, 4) is 0 Å². The number of aliphatic hydroxyl groups is 1. The van der Waals surface area contributed by atoms with Gasteiger partial charge in [0.25, 0.3) is 0 Å². The van der Waals surface area contributed by atoms with Crippen LogP contribution in [-0.4, -0.2) is 29.2 Å². The van der Waals surface area contributed by atoms with Crippen LogP contribution in [0.15, 0.2) is 12.3 Å². The van der Waals surface area contributed by atoms with E-state index in [2.05, 4.69) is 11.5 Å². The molecule has 64 valence electrons. The van der Waals surface area contributed by atoms with Crippen LogP contribution in [0.4, 0.5) is 0 Å². The number of hydrogen-bond donors (Lipinski definition) is 1. The predicted octanol–water partition coefficient (Wildman–Crippen LogP) is 1.37. The van der Waals surface area contributed by atoms with Crippen LogP contribution < -0.4 is 0 Å². The Morgan fingerprint density at radius 3 is 2.91 bits per heavy atom. The smallest absolute Gasteiger partial charge is 0.0715 e. The zero-order chi connectivity index (χ0) is 8.27. The molecule has 1 aliphatic heterocycles. The summed E-state index contributed by atoms with van der Waals surface area (Å²) in [6, 6.07) is 0. The molecule has 11 heavy (non-hydrogen) atoms. The Morgan fingerprint density at radius 2 is 2.27 bits per heavy atom. The van der Waals surface area contributed by atoms with E-state index in [1.165, 1.54) is 6.42 Å². The van der Waals surface area contributed by atoms with Crippen molar-refractivity contribution in [3.63, 3.8) is 0 Å². The third-order valence-electron chi connectivity index (χ3n) is 2.19. The van der Waals surface area contributed by atoms with Gasteiger partial charge in [-0.2, -0.15) is 0 Å². The lowest BCUT2D eigenvalue weighted by molar-refractivity contribution is 0.135. The highest BCUT2D eigenvalue weighted by Gasteiger charge is 2.14. The number of likely N-dealkylation sites (tertiary alicyclic amines) is 1. The van der Waals surface area contributed by atoms with E-state index in [4.69, 9.17) is 0 Å². The summed E-state index contributed by atoms with van der Waals surface area (Å²) in [6.45, 7) is 7.70. The van der Waals surface area contributed by atoms with Gasteiger partial charge >= 0.3 is 0 Å². The van der Waals surface area contributed by atoms with Crippen molar-refractivity contribution in [2.75, 3.05) is 13.1 Å². The third-order valence-corrected chi connectivity index (χ3v) is 2.19. The minimum Gasteiger partial charge on any atom is -0.391 e. The van der Waals surface area contributed by atoms with Gasteiger partial charge in [0.15, 0.2) is 0 Å². The largest absolute Gasteiger partial charge is 0.391 e. The fourth-order valence-electron chi connectivity index (χ4n) is 1.47. The minimum absolute atomic E-state index is 0.144. The molecule has 0 aromatic rings. The molecular formula is C9H17NO. The van der Waals surface area contributed by atoms with Crippen LogP contribution in [0.5, 0.6) is 0 Å². The Labute approximate surface area is 68.5 Å². The molecule has 0 radical (unpaired) electrons. The topological polar surface area (TPSA) is 23.5 Å². The molecule has 2 heteroatoms. The zero-order valence-corrected chi connectivity index (χ0v) is 7.21. The van der Waals surface area contributed by atoms with Gasteiger partial charge in [-0.1, -0.05) is 6.58 Å². The fraction of sp³-hybridized carbons (Fsp3) is 0.778. The SMILES string of the molecule is C=C(C)N1CCCCC(O)C1. The number of allylic oxidation sites excluding steroid dienone is 1. The van der Waals surface area contributed by atoms with E-state index in [0.717, 1.165) is 31.6 Å². The molecule has 1 rings (SSSR count). The van der Waals surface area contributed by atoms with Gasteiger partial charge in [0.1, 0.15) is 0 Å². The van der Waals surface area contributed by atoms with Gasteiger partial charge in [0, 0.05) is 18.8 Å². The minimum atomic E-state index is -0.144. The van der Waals surface area contributed by atoms with Crippen LogP contribution in [0.1, 0.15) is 26.2 Å². The Balaban J connectivity index is 2.45. The van der Waals surface area contributed by atoms with Crippen LogP contribution in [0.2, 0.25) is 0 Å². The molecular weight excluding hydrogens is 138 g/mol. The van der Waals surface area contributed by atoms with Crippen LogP contribution in [0, 0.1) is 0 Å². The number of rotatable bonds is 1. The number of hydrogen-bond acceptors (Lipinski definition) is 2. The van der Waals surface area contributed by atoms with Gasteiger partial charge in [-0.05, 0) is 26.2 Å². The Kier molecular flexibility index (Phi) is 2.94. The Morgan fingerprint density at radius 1 is 1.55 bits per heavy atom. The van der Waals surface area contributed by atoms with Crippen molar-refractivity contribution in [2.24, 2.45) is 0 Å². The highest BCUT2D eigenvalue weighted by molar-refractivity contribution is 4.90. The quantitative estimate of drug-likeness (QED) is 0.618. The van der Waals surface area contributed by atoms with Crippen molar-refractivity contribution in [1.82, 2.24) is 4.90 Å². The van der Waals surface area contributed by atoms with Gasteiger partial charge in [-0.25, -0.2) is 0 Å². The van der Waals surface area contributed by atoms with E-state index in [0.29, 0.717) is 0 Å². The lowest BCUT2D eigenvalue weighted by atomic mass is 10.2. The monoisotopic (exact) mass is 155 g/mol. The average Bonchev–Trinajstić information content (AvgIpc) is 2.13. The van der Waals surface area contributed by atoms with E-state index in [9.17, 15) is 5.11 Å². The predicted molar refractivity (Wildman–Crippen MR) is 46.2 cm³/mol. The first-order valence-electron chi connectivity index (χ1n) is 4.28. The summed E-state index contributed by atoms with van der Waals surface area (Å²) in [7, 11) is 0. The van der Waals surface area contributed by atoms with Crippen molar-refractivity contribution in [3.05, 3.63) is 12.3 Å². The molecule has 0 aromatic heterocycles. The molecule has 1 heterocycles. The second-order valence-electron chi connectivity index (χ2n) is 3.33. The number of aliphatic hydroxyl groups excluding tert-OH is 1. The molecule has 1 aliphatic rings. The van der Waals surface area contributed by atoms with Crippen molar-refractivity contribution >= 4 is 0 Å². The zero-order valence-electron chi connectivity index (χ0n) is 7.21. The Bertz CT molecular complexity index is 144. The summed E-state index contributed by atoms with van der Waals surface area (Å²) in [5, 5.41) is 9.43. The van der Waals surface area contributed by atoms with Crippen molar-refractivity contribution in [1.29, 1.82) is 0 Å². The van der Waals surface area contributed by atoms with Crippen molar-refractivity contribution in [2.45, 2.75) is 32.3 Å². The lowest BCUT2D eigenvalue weighted by Gasteiger charge is -2.23. The first kappa shape index (κ1) is 8.60. The van der Waals surface area contributed by atoms with Gasteiger partial charge in [0.2, 0.25) is 0 Å². The second kappa shape index (κ2) is 3.77. The maximum atomic E-state index is 9.43. The van der Waals surface area contributed by atoms with Crippen LogP contribution in [0.3, 0.4) is 0 Å². The van der Waals surface area contributed by atoms with Gasteiger partial charge in [0.05, 0.1) is 6.10 Å². The van der Waals surface area contributed by atoms with Crippen molar-refractivity contribution < 1.29 is 5.11 Å². The molecule has 0 saturated carbocycles. The molecule has 1 N–H and O–H groups in total. The first-order valence-corrected chi connectivity index (χ1v) is 4.28.